The molecule has 0 saturated carbocycles. The summed E-state index contributed by atoms with van der Waals surface area (Å²) < 4.78 is 0.222. The quantitative estimate of drug-likeness (QED) is 0.642. The molecule has 74 valence electrons. The lowest BCUT2D eigenvalue weighted by atomic mass is 9.90. The van der Waals surface area contributed by atoms with Gasteiger partial charge in [-0.05, 0) is 26.2 Å². The zero-order chi connectivity index (χ0) is 10.2. The molecule has 0 bridgehead atoms. The summed E-state index contributed by atoms with van der Waals surface area (Å²) in [6.45, 7) is 10.4. The van der Waals surface area contributed by atoms with Crippen molar-refractivity contribution in [3.8, 4) is 0 Å². The molecule has 2 heteroatoms. The Hall–Kier alpha value is -0.240. The fourth-order valence-electron chi connectivity index (χ4n) is 1.86. The maximum absolute atomic E-state index is 11.4. The first-order valence-electron chi connectivity index (χ1n) is 4.74. The average molecular weight is 198 g/mol. The van der Waals surface area contributed by atoms with Crippen LogP contribution in [0.25, 0.3) is 0 Å². The topological polar surface area (TPSA) is 17.1 Å². The van der Waals surface area contributed by atoms with Crippen LogP contribution in [0.3, 0.4) is 0 Å². The van der Waals surface area contributed by atoms with Gasteiger partial charge >= 0.3 is 0 Å². The molecule has 1 atom stereocenters. The molecule has 1 aliphatic heterocycles. The highest BCUT2D eigenvalue weighted by Crippen LogP contribution is 2.45. The van der Waals surface area contributed by atoms with Gasteiger partial charge in [-0.15, -0.1) is 11.8 Å². The minimum absolute atomic E-state index is 0.222. The van der Waals surface area contributed by atoms with Gasteiger partial charge in [-0.1, -0.05) is 26.3 Å². The Kier molecular flexibility index (Phi) is 2.91. The molecule has 0 fully saturated rings. The summed E-state index contributed by atoms with van der Waals surface area (Å²) in [7, 11) is 0. The summed E-state index contributed by atoms with van der Waals surface area (Å²) in [5.41, 5.74) is 1.27. The summed E-state index contributed by atoms with van der Waals surface area (Å²) in [5.74, 6) is 0.775. The average Bonchev–Trinajstić information content (AvgIpc) is 1.95. The van der Waals surface area contributed by atoms with E-state index in [2.05, 4.69) is 27.7 Å². The molecule has 0 aromatic rings. The summed E-state index contributed by atoms with van der Waals surface area (Å²) in [6.07, 6.45) is 1.17. The summed E-state index contributed by atoms with van der Waals surface area (Å²) in [5, 5.41) is 0. The fraction of sp³-hybridized carbons (Fsp3) is 0.727. The second kappa shape index (κ2) is 3.49. The van der Waals surface area contributed by atoms with Crippen molar-refractivity contribution >= 4 is 17.5 Å². The van der Waals surface area contributed by atoms with Crippen molar-refractivity contribution in [2.45, 2.75) is 45.8 Å². The first kappa shape index (κ1) is 10.8. The first-order chi connectivity index (χ1) is 5.83. The lowest BCUT2D eigenvalue weighted by Gasteiger charge is -2.34. The molecule has 1 heterocycles. The van der Waals surface area contributed by atoms with Gasteiger partial charge in [0.15, 0.2) is 5.78 Å². The van der Waals surface area contributed by atoms with Crippen LogP contribution in [0.2, 0.25) is 0 Å². The van der Waals surface area contributed by atoms with E-state index in [-0.39, 0.29) is 10.5 Å². The number of hydrogen-bond acceptors (Lipinski definition) is 2. The molecule has 0 aromatic heterocycles. The van der Waals surface area contributed by atoms with Crippen LogP contribution in [0.4, 0.5) is 0 Å². The second-order valence-electron chi connectivity index (χ2n) is 4.54. The Morgan fingerprint density at radius 1 is 1.54 bits per heavy atom. The van der Waals surface area contributed by atoms with Crippen molar-refractivity contribution in [2.75, 3.05) is 0 Å². The lowest BCUT2D eigenvalue weighted by Crippen LogP contribution is -2.26. The van der Waals surface area contributed by atoms with Gasteiger partial charge < -0.3 is 0 Å². The monoisotopic (exact) mass is 198 g/mol. The van der Waals surface area contributed by atoms with E-state index in [1.54, 1.807) is 18.7 Å². The Morgan fingerprint density at radius 2 is 2.08 bits per heavy atom. The van der Waals surface area contributed by atoms with E-state index in [1.807, 2.05) is 0 Å². The Bertz CT molecular complexity index is 263. The standard InChI is InChI=1S/C11H18OS/c1-7-6-11(4,5)13-10(8(7)2)9(3)12/h7H,6H2,1-5H3/t7-/m1/s1. The number of rotatable bonds is 1. The van der Waals surface area contributed by atoms with Gasteiger partial charge in [0.05, 0.1) is 0 Å². The SMILES string of the molecule is CC(=O)C1=C(C)[C@H](C)CC(C)(C)S1. The minimum Gasteiger partial charge on any atom is -0.294 e. The van der Waals surface area contributed by atoms with E-state index in [9.17, 15) is 4.79 Å². The van der Waals surface area contributed by atoms with E-state index in [1.165, 1.54) is 12.0 Å². The zero-order valence-electron chi connectivity index (χ0n) is 9.10. The molecular formula is C11H18OS. The largest absolute Gasteiger partial charge is 0.294 e. The van der Waals surface area contributed by atoms with Crippen LogP contribution in [0, 0.1) is 5.92 Å². The van der Waals surface area contributed by atoms with Crippen molar-refractivity contribution in [3.63, 3.8) is 0 Å². The molecule has 0 aliphatic carbocycles. The zero-order valence-corrected chi connectivity index (χ0v) is 9.92. The van der Waals surface area contributed by atoms with Gasteiger partial charge in [-0.3, -0.25) is 4.79 Å². The van der Waals surface area contributed by atoms with Crippen molar-refractivity contribution in [1.82, 2.24) is 0 Å². The van der Waals surface area contributed by atoms with Gasteiger partial charge in [0, 0.05) is 9.65 Å². The smallest absolute Gasteiger partial charge is 0.166 e. The van der Waals surface area contributed by atoms with Crippen LogP contribution in [0.5, 0.6) is 0 Å². The molecule has 1 aliphatic rings. The molecule has 0 saturated heterocycles. The highest BCUT2D eigenvalue weighted by molar-refractivity contribution is 8.05. The number of allylic oxidation sites excluding steroid dienone is 2. The number of thioether (sulfide) groups is 1. The number of Topliss-reactive ketones (excluding diaryl/α,β-unsaturated/α-hetero) is 1. The van der Waals surface area contributed by atoms with Gasteiger partial charge in [0.1, 0.15) is 0 Å². The molecular weight excluding hydrogens is 180 g/mol. The summed E-state index contributed by atoms with van der Waals surface area (Å²) in [6, 6.07) is 0. The molecule has 0 spiro atoms. The Balaban J connectivity index is 3.02. The van der Waals surface area contributed by atoms with Gasteiger partial charge in [0.25, 0.3) is 0 Å². The lowest BCUT2D eigenvalue weighted by molar-refractivity contribution is -0.113. The van der Waals surface area contributed by atoms with Crippen molar-refractivity contribution in [1.29, 1.82) is 0 Å². The van der Waals surface area contributed by atoms with Crippen LogP contribution in [0.1, 0.15) is 41.0 Å². The van der Waals surface area contributed by atoms with Crippen LogP contribution in [-0.4, -0.2) is 10.5 Å². The molecule has 0 unspecified atom stereocenters. The molecule has 0 N–H and O–H groups in total. The molecule has 13 heavy (non-hydrogen) atoms. The normalized spacial score (nSPS) is 27.6. The molecule has 0 radical (unpaired) electrons. The minimum atomic E-state index is 0.222. The van der Waals surface area contributed by atoms with E-state index >= 15 is 0 Å². The molecule has 1 rings (SSSR count). The number of hydrogen-bond donors (Lipinski definition) is 0. The number of carbonyl (C=O) groups is 1. The molecule has 0 amide bonds. The predicted octanol–water partition coefficient (Wildman–Crippen LogP) is 3.40. The van der Waals surface area contributed by atoms with Gasteiger partial charge in [-0.2, -0.15) is 0 Å². The molecule has 1 nitrogen and oxygen atoms in total. The van der Waals surface area contributed by atoms with Gasteiger partial charge in [-0.25, -0.2) is 0 Å². The predicted molar refractivity (Wildman–Crippen MR) is 58.8 cm³/mol. The molecule has 0 aromatic carbocycles. The van der Waals surface area contributed by atoms with E-state index in [0.717, 1.165) is 4.91 Å². The summed E-state index contributed by atoms with van der Waals surface area (Å²) in [4.78, 5) is 12.4. The highest BCUT2D eigenvalue weighted by Gasteiger charge is 2.32. The van der Waals surface area contributed by atoms with Crippen molar-refractivity contribution < 1.29 is 4.79 Å². The number of ketones is 1. The van der Waals surface area contributed by atoms with E-state index < -0.39 is 0 Å². The fourth-order valence-corrected chi connectivity index (χ4v) is 3.25. The maximum Gasteiger partial charge on any atom is 0.166 e. The van der Waals surface area contributed by atoms with E-state index in [0.29, 0.717) is 5.92 Å². The van der Waals surface area contributed by atoms with Crippen LogP contribution >= 0.6 is 11.8 Å². The van der Waals surface area contributed by atoms with Crippen molar-refractivity contribution in [3.05, 3.63) is 10.5 Å². The third-order valence-electron chi connectivity index (χ3n) is 2.59. The highest BCUT2D eigenvalue weighted by atomic mass is 32.2. The maximum atomic E-state index is 11.4. The van der Waals surface area contributed by atoms with Crippen LogP contribution in [0.15, 0.2) is 10.5 Å². The Morgan fingerprint density at radius 3 is 2.54 bits per heavy atom. The Labute approximate surface area is 85.0 Å². The summed E-state index contributed by atoms with van der Waals surface area (Å²) >= 11 is 1.74. The third-order valence-corrected chi connectivity index (χ3v) is 4.13. The number of carbonyl (C=O) groups excluding carboxylic acids is 1. The second-order valence-corrected chi connectivity index (χ2v) is 6.25. The van der Waals surface area contributed by atoms with E-state index in [4.69, 9.17) is 0 Å². The third kappa shape index (κ3) is 2.37. The van der Waals surface area contributed by atoms with Crippen LogP contribution in [-0.2, 0) is 4.79 Å². The van der Waals surface area contributed by atoms with Gasteiger partial charge in [0.2, 0.25) is 0 Å². The van der Waals surface area contributed by atoms with Crippen LogP contribution < -0.4 is 0 Å². The first-order valence-corrected chi connectivity index (χ1v) is 5.56. The van der Waals surface area contributed by atoms with Crippen molar-refractivity contribution in [2.24, 2.45) is 5.92 Å².